The zero-order valence-electron chi connectivity index (χ0n) is 10.8. The number of amides is 1. The number of aliphatic hydroxyl groups is 1. The predicted octanol–water partition coefficient (Wildman–Crippen LogP) is -0.292. The summed E-state index contributed by atoms with van der Waals surface area (Å²) >= 11 is 0. The standard InChI is InChI=1S/C13H21N3O2/c1-11(4-3-5-12(14)10-17)13(18)16-8-6-15(2)7-9-16/h3-5,17H,1,6-10,14H2,2H3/b4-3-,12-5+. The highest BCUT2D eigenvalue weighted by Gasteiger charge is 2.19. The Labute approximate surface area is 108 Å². The number of rotatable bonds is 4. The van der Waals surface area contributed by atoms with Crippen LogP contribution in [0.4, 0.5) is 0 Å². The van der Waals surface area contributed by atoms with Crippen molar-refractivity contribution in [3.05, 3.63) is 36.1 Å². The van der Waals surface area contributed by atoms with Crippen molar-refractivity contribution < 1.29 is 9.90 Å². The van der Waals surface area contributed by atoms with E-state index < -0.39 is 0 Å². The number of hydrogen-bond acceptors (Lipinski definition) is 4. The number of allylic oxidation sites excluding steroid dienone is 2. The zero-order chi connectivity index (χ0) is 13.5. The molecule has 1 aliphatic rings. The van der Waals surface area contributed by atoms with Gasteiger partial charge in [-0.3, -0.25) is 4.79 Å². The van der Waals surface area contributed by atoms with Crippen LogP contribution in [0.2, 0.25) is 0 Å². The summed E-state index contributed by atoms with van der Waals surface area (Å²) in [4.78, 5) is 16.0. The summed E-state index contributed by atoms with van der Waals surface area (Å²) in [5, 5.41) is 8.71. The molecule has 5 heteroatoms. The Morgan fingerprint density at radius 2 is 2.00 bits per heavy atom. The van der Waals surface area contributed by atoms with Gasteiger partial charge in [0.15, 0.2) is 0 Å². The topological polar surface area (TPSA) is 69.8 Å². The predicted molar refractivity (Wildman–Crippen MR) is 71.7 cm³/mol. The van der Waals surface area contributed by atoms with Crippen molar-refractivity contribution in [1.29, 1.82) is 0 Å². The van der Waals surface area contributed by atoms with Gasteiger partial charge in [0.2, 0.25) is 0 Å². The molecule has 0 aromatic rings. The van der Waals surface area contributed by atoms with Crippen LogP contribution >= 0.6 is 0 Å². The number of nitrogens with two attached hydrogens (primary N) is 1. The lowest BCUT2D eigenvalue weighted by molar-refractivity contribution is -0.128. The Bertz CT molecular complexity index is 366. The summed E-state index contributed by atoms with van der Waals surface area (Å²) in [5.74, 6) is -0.0460. The number of hydrogen-bond donors (Lipinski definition) is 2. The molecule has 0 unspecified atom stereocenters. The molecule has 1 aliphatic heterocycles. The molecule has 5 nitrogen and oxygen atoms in total. The maximum atomic E-state index is 12.0. The first-order chi connectivity index (χ1) is 8.54. The lowest BCUT2D eigenvalue weighted by atomic mass is 10.2. The summed E-state index contributed by atoms with van der Waals surface area (Å²) in [7, 11) is 2.04. The van der Waals surface area contributed by atoms with E-state index in [0.717, 1.165) is 26.2 Å². The Hall–Kier alpha value is -1.59. The van der Waals surface area contributed by atoms with Gasteiger partial charge in [-0.15, -0.1) is 0 Å². The number of aliphatic hydroxyl groups excluding tert-OH is 1. The molecule has 0 aromatic heterocycles. The van der Waals surface area contributed by atoms with Crippen LogP contribution in [0.1, 0.15) is 0 Å². The molecule has 0 aliphatic carbocycles. The smallest absolute Gasteiger partial charge is 0.253 e. The molecule has 3 N–H and O–H groups in total. The van der Waals surface area contributed by atoms with Crippen molar-refractivity contribution in [3.8, 4) is 0 Å². The van der Waals surface area contributed by atoms with Gasteiger partial charge >= 0.3 is 0 Å². The Morgan fingerprint density at radius 3 is 2.56 bits per heavy atom. The van der Waals surface area contributed by atoms with E-state index in [1.165, 1.54) is 0 Å². The number of carbonyl (C=O) groups excluding carboxylic acids is 1. The molecule has 0 radical (unpaired) electrons. The van der Waals surface area contributed by atoms with Crippen LogP contribution in [-0.2, 0) is 4.79 Å². The Morgan fingerprint density at radius 1 is 1.39 bits per heavy atom. The molecule has 0 saturated carbocycles. The van der Waals surface area contributed by atoms with Crippen LogP contribution in [0.3, 0.4) is 0 Å². The molecule has 1 amide bonds. The largest absolute Gasteiger partial charge is 0.400 e. The zero-order valence-corrected chi connectivity index (χ0v) is 10.8. The van der Waals surface area contributed by atoms with Gasteiger partial charge in [-0.1, -0.05) is 12.7 Å². The average Bonchev–Trinajstić information content (AvgIpc) is 2.38. The maximum absolute atomic E-state index is 12.0. The van der Waals surface area contributed by atoms with Crippen LogP contribution in [-0.4, -0.2) is 60.6 Å². The van der Waals surface area contributed by atoms with E-state index in [1.54, 1.807) is 23.1 Å². The molecule has 0 atom stereocenters. The van der Waals surface area contributed by atoms with Crippen molar-refractivity contribution in [2.75, 3.05) is 39.8 Å². The maximum Gasteiger partial charge on any atom is 0.253 e. The molecular formula is C13H21N3O2. The lowest BCUT2D eigenvalue weighted by Gasteiger charge is -2.32. The minimum Gasteiger partial charge on any atom is -0.400 e. The summed E-state index contributed by atoms with van der Waals surface area (Å²) < 4.78 is 0. The van der Waals surface area contributed by atoms with E-state index in [2.05, 4.69) is 11.5 Å². The third kappa shape index (κ3) is 4.35. The van der Waals surface area contributed by atoms with E-state index >= 15 is 0 Å². The molecule has 1 heterocycles. The second kappa shape index (κ2) is 6.98. The highest BCUT2D eigenvalue weighted by molar-refractivity contribution is 5.95. The number of nitrogens with zero attached hydrogens (tertiary/aromatic N) is 2. The number of likely N-dealkylation sites (N-methyl/N-ethyl adjacent to an activating group) is 1. The highest BCUT2D eigenvalue weighted by atomic mass is 16.3. The van der Waals surface area contributed by atoms with Crippen LogP contribution in [0.5, 0.6) is 0 Å². The monoisotopic (exact) mass is 251 g/mol. The quantitative estimate of drug-likeness (QED) is 0.532. The second-order valence-corrected chi connectivity index (χ2v) is 4.38. The molecule has 100 valence electrons. The summed E-state index contributed by atoms with van der Waals surface area (Å²) in [6.07, 6.45) is 4.80. The van der Waals surface area contributed by atoms with Crippen molar-refractivity contribution >= 4 is 5.91 Å². The second-order valence-electron chi connectivity index (χ2n) is 4.38. The van der Waals surface area contributed by atoms with Crippen molar-refractivity contribution in [3.63, 3.8) is 0 Å². The fraction of sp³-hybridized carbons (Fsp3) is 0.462. The van der Waals surface area contributed by atoms with Gasteiger partial charge in [-0.05, 0) is 19.2 Å². The van der Waals surface area contributed by atoms with E-state index in [4.69, 9.17) is 10.8 Å². The summed E-state index contributed by atoms with van der Waals surface area (Å²) in [6.45, 7) is 6.80. The Balaban J connectivity index is 2.49. The van der Waals surface area contributed by atoms with Crippen LogP contribution in [0.15, 0.2) is 36.1 Å². The van der Waals surface area contributed by atoms with Crippen LogP contribution in [0, 0.1) is 0 Å². The van der Waals surface area contributed by atoms with Gasteiger partial charge in [0.05, 0.1) is 6.61 Å². The van der Waals surface area contributed by atoms with E-state index in [0.29, 0.717) is 11.3 Å². The molecule has 0 bridgehead atoms. The normalized spacial score (nSPS) is 18.3. The van der Waals surface area contributed by atoms with Gasteiger partial charge in [0, 0.05) is 37.4 Å². The molecule has 0 aromatic carbocycles. The number of piperazine rings is 1. The first kappa shape index (κ1) is 14.5. The molecule has 1 rings (SSSR count). The highest BCUT2D eigenvalue weighted by Crippen LogP contribution is 2.06. The average molecular weight is 251 g/mol. The van der Waals surface area contributed by atoms with Gasteiger partial charge < -0.3 is 20.6 Å². The lowest BCUT2D eigenvalue weighted by Crippen LogP contribution is -2.47. The molecule has 1 fully saturated rings. The summed E-state index contributed by atoms with van der Waals surface area (Å²) in [6, 6.07) is 0. The molecular weight excluding hydrogens is 230 g/mol. The van der Waals surface area contributed by atoms with Gasteiger partial charge in [-0.25, -0.2) is 0 Å². The first-order valence-electron chi connectivity index (χ1n) is 5.95. The number of carbonyl (C=O) groups is 1. The van der Waals surface area contributed by atoms with Crippen molar-refractivity contribution in [1.82, 2.24) is 9.80 Å². The minimum atomic E-state index is -0.191. The fourth-order valence-electron chi connectivity index (χ4n) is 1.62. The van der Waals surface area contributed by atoms with Crippen molar-refractivity contribution in [2.24, 2.45) is 5.73 Å². The third-order valence-electron chi connectivity index (χ3n) is 2.86. The van der Waals surface area contributed by atoms with Crippen LogP contribution in [0.25, 0.3) is 0 Å². The Kier molecular flexibility index (Phi) is 5.61. The molecule has 0 spiro atoms. The van der Waals surface area contributed by atoms with Gasteiger partial charge in [0.1, 0.15) is 0 Å². The SMILES string of the molecule is C=C(/C=C\C=C(\N)CO)C(=O)N1CCN(C)CC1. The first-order valence-corrected chi connectivity index (χ1v) is 5.95. The van der Waals surface area contributed by atoms with E-state index in [1.807, 2.05) is 7.05 Å². The third-order valence-corrected chi connectivity index (χ3v) is 2.86. The van der Waals surface area contributed by atoms with Crippen LogP contribution < -0.4 is 5.73 Å². The fourth-order valence-corrected chi connectivity index (χ4v) is 1.62. The van der Waals surface area contributed by atoms with Crippen molar-refractivity contribution in [2.45, 2.75) is 0 Å². The molecule has 1 saturated heterocycles. The van der Waals surface area contributed by atoms with Gasteiger partial charge in [-0.2, -0.15) is 0 Å². The minimum absolute atomic E-state index is 0.0460. The summed E-state index contributed by atoms with van der Waals surface area (Å²) in [5.41, 5.74) is 6.21. The van der Waals surface area contributed by atoms with E-state index in [9.17, 15) is 4.79 Å². The van der Waals surface area contributed by atoms with Gasteiger partial charge in [0.25, 0.3) is 5.91 Å². The molecule has 18 heavy (non-hydrogen) atoms. The van der Waals surface area contributed by atoms with E-state index in [-0.39, 0.29) is 12.5 Å².